The number of carbonyl (C=O) groups is 1. The van der Waals surface area contributed by atoms with Crippen LogP contribution in [0.2, 0.25) is 0 Å². The van der Waals surface area contributed by atoms with Crippen molar-refractivity contribution in [2.24, 2.45) is 0 Å². The van der Waals surface area contributed by atoms with Gasteiger partial charge < -0.3 is 10.1 Å². The van der Waals surface area contributed by atoms with Gasteiger partial charge in [-0.05, 0) is 18.2 Å². The van der Waals surface area contributed by atoms with Crippen LogP contribution in [0.4, 0.5) is 0 Å². The Labute approximate surface area is 90.4 Å². The first kappa shape index (κ1) is 11.6. The molecule has 1 unspecified atom stereocenters. The Hall–Kier alpha value is -1.51. The van der Waals surface area contributed by atoms with Gasteiger partial charge in [-0.1, -0.05) is 26.0 Å². The molecule has 0 saturated carbocycles. The maximum absolute atomic E-state index is 11.2. The zero-order valence-electron chi connectivity index (χ0n) is 9.12. The quantitative estimate of drug-likeness (QED) is 0.749. The Morgan fingerprint density at radius 3 is 2.67 bits per heavy atom. The number of benzene rings is 1. The number of nitrogens with one attached hydrogen (secondary N) is 1. The third-order valence-corrected chi connectivity index (χ3v) is 1.98. The van der Waals surface area contributed by atoms with Gasteiger partial charge in [0.2, 0.25) is 5.91 Å². The van der Waals surface area contributed by atoms with E-state index in [1.165, 1.54) is 0 Å². The van der Waals surface area contributed by atoms with E-state index in [9.17, 15) is 4.79 Å². The molecule has 1 amide bonds. The van der Waals surface area contributed by atoms with Crippen molar-refractivity contribution < 1.29 is 9.53 Å². The van der Waals surface area contributed by atoms with Gasteiger partial charge in [0, 0.05) is 12.8 Å². The highest BCUT2D eigenvalue weighted by molar-refractivity contribution is 5.75. The topological polar surface area (TPSA) is 38.3 Å². The zero-order valence-corrected chi connectivity index (χ0v) is 9.12. The summed E-state index contributed by atoms with van der Waals surface area (Å²) in [6.07, 6.45) is 0.965. The Morgan fingerprint density at radius 2 is 2.13 bits per heavy atom. The third-order valence-electron chi connectivity index (χ3n) is 1.98. The molecule has 0 saturated heterocycles. The third kappa shape index (κ3) is 4.02. The van der Waals surface area contributed by atoms with Crippen molar-refractivity contribution in [2.45, 2.75) is 32.9 Å². The molecule has 1 radical (unpaired) electrons. The van der Waals surface area contributed by atoms with Crippen LogP contribution in [0.15, 0.2) is 24.3 Å². The second-order valence-corrected chi connectivity index (χ2v) is 3.17. The highest BCUT2D eigenvalue weighted by Gasteiger charge is 2.09. The van der Waals surface area contributed by atoms with Gasteiger partial charge in [0.15, 0.2) is 6.23 Å². The fourth-order valence-electron chi connectivity index (χ4n) is 1.11. The van der Waals surface area contributed by atoms with Gasteiger partial charge in [-0.25, -0.2) is 0 Å². The summed E-state index contributed by atoms with van der Waals surface area (Å²) >= 11 is 0. The van der Waals surface area contributed by atoms with Crippen molar-refractivity contribution in [1.29, 1.82) is 0 Å². The fraction of sp³-hybridized carbons (Fsp3) is 0.417. The van der Waals surface area contributed by atoms with E-state index in [4.69, 9.17) is 4.74 Å². The van der Waals surface area contributed by atoms with Crippen LogP contribution in [0.3, 0.4) is 0 Å². The highest BCUT2D eigenvalue weighted by Crippen LogP contribution is 2.10. The molecule has 1 aromatic carbocycles. The molecule has 0 aliphatic rings. The summed E-state index contributed by atoms with van der Waals surface area (Å²) in [5.41, 5.74) is 0. The minimum absolute atomic E-state index is 0.00402. The van der Waals surface area contributed by atoms with E-state index in [0.717, 1.165) is 12.2 Å². The minimum Gasteiger partial charge on any atom is -0.471 e. The van der Waals surface area contributed by atoms with Crippen LogP contribution in [-0.4, -0.2) is 12.1 Å². The number of ether oxygens (including phenoxy) is 1. The average Bonchev–Trinajstić information content (AvgIpc) is 2.29. The number of hydrogen-bond acceptors (Lipinski definition) is 2. The molecule has 0 spiro atoms. The molecule has 1 N–H and O–H groups in total. The molecule has 3 nitrogen and oxygen atoms in total. The molecule has 0 aliphatic heterocycles. The second kappa shape index (κ2) is 6.06. The van der Waals surface area contributed by atoms with E-state index in [-0.39, 0.29) is 12.1 Å². The summed E-state index contributed by atoms with van der Waals surface area (Å²) in [5, 5.41) is 2.79. The maximum atomic E-state index is 11.2. The lowest BCUT2D eigenvalue weighted by Crippen LogP contribution is -2.38. The van der Waals surface area contributed by atoms with Crippen LogP contribution in [0.25, 0.3) is 0 Å². The van der Waals surface area contributed by atoms with E-state index in [1.54, 1.807) is 12.1 Å². The SMILES string of the molecule is CCC(=O)NC(CC)Oc1cc[c]cc1. The molecule has 0 aromatic heterocycles. The molecule has 1 atom stereocenters. The van der Waals surface area contributed by atoms with Crippen LogP contribution < -0.4 is 10.1 Å². The Bertz CT molecular complexity index is 298. The minimum atomic E-state index is -0.250. The summed E-state index contributed by atoms with van der Waals surface area (Å²) in [4.78, 5) is 11.2. The van der Waals surface area contributed by atoms with Crippen LogP contribution in [0.1, 0.15) is 26.7 Å². The predicted molar refractivity (Wildman–Crippen MR) is 58.4 cm³/mol. The van der Waals surface area contributed by atoms with Crippen molar-refractivity contribution in [3.05, 3.63) is 30.3 Å². The maximum Gasteiger partial charge on any atom is 0.222 e. The van der Waals surface area contributed by atoms with Crippen LogP contribution in [0.5, 0.6) is 5.75 Å². The Kier molecular flexibility index (Phi) is 4.68. The lowest BCUT2D eigenvalue weighted by atomic mass is 10.3. The van der Waals surface area contributed by atoms with E-state index >= 15 is 0 Å². The first-order valence-electron chi connectivity index (χ1n) is 5.18. The van der Waals surface area contributed by atoms with E-state index in [2.05, 4.69) is 11.4 Å². The predicted octanol–water partition coefficient (Wildman–Crippen LogP) is 2.13. The van der Waals surface area contributed by atoms with Gasteiger partial charge in [0.1, 0.15) is 5.75 Å². The number of carbonyl (C=O) groups excluding carboxylic acids is 1. The summed E-state index contributed by atoms with van der Waals surface area (Å²) in [7, 11) is 0. The van der Waals surface area contributed by atoms with Crippen molar-refractivity contribution in [3.63, 3.8) is 0 Å². The fourth-order valence-corrected chi connectivity index (χ4v) is 1.11. The first-order valence-corrected chi connectivity index (χ1v) is 5.18. The summed E-state index contributed by atoms with van der Waals surface area (Å²) < 4.78 is 5.58. The largest absolute Gasteiger partial charge is 0.471 e. The molecule has 1 aromatic rings. The van der Waals surface area contributed by atoms with E-state index in [0.29, 0.717) is 6.42 Å². The molecule has 1 rings (SSSR count). The van der Waals surface area contributed by atoms with E-state index in [1.807, 2.05) is 26.0 Å². The smallest absolute Gasteiger partial charge is 0.222 e. The van der Waals surface area contributed by atoms with Gasteiger partial charge in [-0.15, -0.1) is 0 Å². The summed E-state index contributed by atoms with van der Waals surface area (Å²) in [6, 6.07) is 10.1. The lowest BCUT2D eigenvalue weighted by Gasteiger charge is -2.18. The summed E-state index contributed by atoms with van der Waals surface area (Å²) in [5.74, 6) is 0.751. The lowest BCUT2D eigenvalue weighted by molar-refractivity contribution is -0.123. The molecule has 15 heavy (non-hydrogen) atoms. The number of rotatable bonds is 5. The normalized spacial score (nSPS) is 11.9. The Morgan fingerprint density at radius 1 is 1.47 bits per heavy atom. The monoisotopic (exact) mass is 206 g/mol. The van der Waals surface area contributed by atoms with Crippen molar-refractivity contribution in [1.82, 2.24) is 5.32 Å². The van der Waals surface area contributed by atoms with Gasteiger partial charge in [0.05, 0.1) is 0 Å². The molecule has 0 heterocycles. The highest BCUT2D eigenvalue weighted by atomic mass is 16.5. The molecule has 0 bridgehead atoms. The van der Waals surface area contributed by atoms with E-state index < -0.39 is 0 Å². The van der Waals surface area contributed by atoms with Crippen molar-refractivity contribution in [2.75, 3.05) is 0 Å². The van der Waals surface area contributed by atoms with Crippen LogP contribution in [0, 0.1) is 6.07 Å². The summed E-state index contributed by atoms with van der Waals surface area (Å²) in [6.45, 7) is 3.79. The van der Waals surface area contributed by atoms with Gasteiger partial charge in [0.25, 0.3) is 0 Å². The van der Waals surface area contributed by atoms with Gasteiger partial charge in [-0.3, -0.25) is 4.79 Å². The molecule has 0 fully saturated rings. The first-order chi connectivity index (χ1) is 7.26. The molecular formula is C12H16NO2. The van der Waals surface area contributed by atoms with Gasteiger partial charge >= 0.3 is 0 Å². The second-order valence-electron chi connectivity index (χ2n) is 3.17. The van der Waals surface area contributed by atoms with Crippen LogP contribution >= 0.6 is 0 Å². The van der Waals surface area contributed by atoms with Gasteiger partial charge in [-0.2, -0.15) is 0 Å². The van der Waals surface area contributed by atoms with Crippen LogP contribution in [-0.2, 0) is 4.79 Å². The molecular weight excluding hydrogens is 190 g/mol. The van der Waals surface area contributed by atoms with Crippen molar-refractivity contribution >= 4 is 5.91 Å². The standard InChI is InChI=1S/C12H16NO2/c1-3-11(14)13-12(4-2)15-10-8-6-5-7-9-10/h6-9,12H,3-4H2,1-2H3,(H,13,14). The number of amides is 1. The molecule has 81 valence electrons. The average molecular weight is 206 g/mol. The number of hydrogen-bond donors (Lipinski definition) is 1. The zero-order chi connectivity index (χ0) is 11.1. The molecule has 3 heteroatoms. The Balaban J connectivity index is 2.50. The molecule has 0 aliphatic carbocycles. The van der Waals surface area contributed by atoms with Crippen molar-refractivity contribution in [3.8, 4) is 5.75 Å².